The quantitative estimate of drug-likeness (QED) is 0.737. The molecular weight excluding hydrogens is 249 g/mol. The summed E-state index contributed by atoms with van der Waals surface area (Å²) >= 11 is 12.1. The number of ether oxygens (including phenoxy) is 1. The molecule has 1 aliphatic rings. The second-order valence-electron chi connectivity index (χ2n) is 5.30. The van der Waals surface area contributed by atoms with Gasteiger partial charge in [-0.3, -0.25) is 0 Å². The first-order valence-electron chi connectivity index (χ1n) is 5.55. The molecule has 0 heterocycles. The van der Waals surface area contributed by atoms with Crippen LogP contribution in [0.15, 0.2) is 0 Å². The van der Waals surface area contributed by atoms with Crippen molar-refractivity contribution in [2.45, 2.75) is 62.4 Å². The molecule has 16 heavy (non-hydrogen) atoms. The summed E-state index contributed by atoms with van der Waals surface area (Å²) in [6, 6.07) is 0.0126. The molecule has 1 fully saturated rings. The van der Waals surface area contributed by atoms with Crippen molar-refractivity contribution in [3.8, 4) is 0 Å². The first-order valence-corrected chi connectivity index (χ1v) is 6.31. The second-order valence-corrected chi connectivity index (χ2v) is 6.94. The SMILES string of the molecule is CC(C)(C)OC(=O)NC1CCCC(Cl)(Cl)C1. The fourth-order valence-corrected chi connectivity index (χ4v) is 2.41. The Morgan fingerprint density at radius 2 is 2.06 bits per heavy atom. The normalized spacial score (nSPS) is 24.9. The molecule has 1 aliphatic carbocycles. The van der Waals surface area contributed by atoms with Crippen LogP contribution in [-0.2, 0) is 4.74 Å². The Bertz CT molecular complexity index is 261. The molecule has 0 spiro atoms. The van der Waals surface area contributed by atoms with Crippen LogP contribution in [0.1, 0.15) is 46.5 Å². The maximum Gasteiger partial charge on any atom is 0.407 e. The second kappa shape index (κ2) is 5.01. The minimum atomic E-state index is -0.710. The van der Waals surface area contributed by atoms with Gasteiger partial charge in [-0.1, -0.05) is 0 Å². The van der Waals surface area contributed by atoms with E-state index in [-0.39, 0.29) is 6.04 Å². The van der Waals surface area contributed by atoms with Crippen LogP contribution in [-0.4, -0.2) is 22.1 Å². The number of alkyl carbamates (subject to hydrolysis) is 1. The Morgan fingerprint density at radius 1 is 1.44 bits per heavy atom. The molecule has 0 bridgehead atoms. The first-order chi connectivity index (χ1) is 7.18. The monoisotopic (exact) mass is 267 g/mol. The molecule has 0 aromatic rings. The average Bonchev–Trinajstić information content (AvgIpc) is 1.96. The van der Waals surface area contributed by atoms with Crippen LogP contribution in [0, 0.1) is 0 Å². The topological polar surface area (TPSA) is 38.3 Å². The van der Waals surface area contributed by atoms with Crippen molar-refractivity contribution in [3.05, 3.63) is 0 Å². The average molecular weight is 268 g/mol. The van der Waals surface area contributed by atoms with Gasteiger partial charge in [-0.25, -0.2) is 4.79 Å². The van der Waals surface area contributed by atoms with Gasteiger partial charge in [-0.05, 0) is 40.0 Å². The maximum atomic E-state index is 11.5. The lowest BCUT2D eigenvalue weighted by Gasteiger charge is -2.32. The highest BCUT2D eigenvalue weighted by atomic mass is 35.5. The zero-order valence-corrected chi connectivity index (χ0v) is 11.5. The van der Waals surface area contributed by atoms with Crippen LogP contribution in [0.2, 0.25) is 0 Å². The van der Waals surface area contributed by atoms with Crippen molar-refractivity contribution in [1.29, 1.82) is 0 Å². The number of hydrogen-bond acceptors (Lipinski definition) is 2. The van der Waals surface area contributed by atoms with Crippen molar-refractivity contribution >= 4 is 29.3 Å². The number of hydrogen-bond donors (Lipinski definition) is 1. The van der Waals surface area contributed by atoms with Gasteiger partial charge in [0.2, 0.25) is 0 Å². The molecule has 0 aromatic heterocycles. The minimum absolute atomic E-state index is 0.0126. The Labute approximate surface area is 107 Å². The number of amides is 1. The molecule has 0 radical (unpaired) electrons. The van der Waals surface area contributed by atoms with Crippen molar-refractivity contribution in [1.82, 2.24) is 5.32 Å². The van der Waals surface area contributed by atoms with Gasteiger partial charge >= 0.3 is 6.09 Å². The number of alkyl halides is 2. The Hall–Kier alpha value is -0.150. The molecule has 3 nitrogen and oxygen atoms in total. The van der Waals surface area contributed by atoms with Crippen LogP contribution in [0.3, 0.4) is 0 Å². The van der Waals surface area contributed by atoms with Gasteiger partial charge in [-0.15, -0.1) is 23.2 Å². The molecule has 1 unspecified atom stereocenters. The zero-order valence-electron chi connectivity index (χ0n) is 9.98. The summed E-state index contributed by atoms with van der Waals surface area (Å²) in [5, 5.41) is 2.80. The van der Waals surface area contributed by atoms with Crippen LogP contribution < -0.4 is 5.32 Å². The van der Waals surface area contributed by atoms with Gasteiger partial charge in [0.15, 0.2) is 0 Å². The summed E-state index contributed by atoms with van der Waals surface area (Å²) in [5.41, 5.74) is -0.474. The summed E-state index contributed by atoms with van der Waals surface area (Å²) in [6.45, 7) is 5.50. The van der Waals surface area contributed by atoms with E-state index in [1.54, 1.807) is 0 Å². The Morgan fingerprint density at radius 3 is 2.56 bits per heavy atom. The smallest absolute Gasteiger partial charge is 0.407 e. The fraction of sp³-hybridized carbons (Fsp3) is 0.909. The first kappa shape index (κ1) is 13.9. The zero-order chi connectivity index (χ0) is 12.4. The standard InChI is InChI=1S/C11H19Cl2NO2/c1-10(2,3)16-9(15)14-8-5-4-6-11(12,13)7-8/h8H,4-7H2,1-3H3,(H,14,15). The summed E-state index contributed by atoms with van der Waals surface area (Å²) in [6.07, 6.45) is 2.79. The van der Waals surface area contributed by atoms with E-state index in [1.165, 1.54) is 0 Å². The lowest BCUT2D eigenvalue weighted by Crippen LogP contribution is -2.43. The van der Waals surface area contributed by atoms with Crippen molar-refractivity contribution in [3.63, 3.8) is 0 Å². The van der Waals surface area contributed by atoms with Crippen LogP contribution >= 0.6 is 23.2 Å². The third-order valence-electron chi connectivity index (χ3n) is 2.36. The van der Waals surface area contributed by atoms with E-state index in [4.69, 9.17) is 27.9 Å². The van der Waals surface area contributed by atoms with Gasteiger partial charge in [0.1, 0.15) is 9.93 Å². The van der Waals surface area contributed by atoms with Crippen LogP contribution in [0.25, 0.3) is 0 Å². The number of nitrogens with one attached hydrogen (secondary N) is 1. The van der Waals surface area contributed by atoms with Crippen molar-refractivity contribution < 1.29 is 9.53 Å². The minimum Gasteiger partial charge on any atom is -0.444 e. The molecule has 1 saturated carbocycles. The molecule has 94 valence electrons. The van der Waals surface area contributed by atoms with Crippen LogP contribution in [0.5, 0.6) is 0 Å². The number of carbonyl (C=O) groups is 1. The third kappa shape index (κ3) is 5.26. The summed E-state index contributed by atoms with van der Waals surface area (Å²) in [4.78, 5) is 11.5. The third-order valence-corrected chi connectivity index (χ3v) is 3.05. The maximum absolute atomic E-state index is 11.5. The molecule has 0 aromatic carbocycles. The van der Waals surface area contributed by atoms with Gasteiger partial charge < -0.3 is 10.1 Å². The van der Waals surface area contributed by atoms with Gasteiger partial charge in [-0.2, -0.15) is 0 Å². The van der Waals surface area contributed by atoms with E-state index < -0.39 is 16.0 Å². The molecular formula is C11H19Cl2NO2. The molecule has 1 rings (SSSR count). The van der Waals surface area contributed by atoms with Gasteiger partial charge in [0.25, 0.3) is 0 Å². The molecule has 5 heteroatoms. The van der Waals surface area contributed by atoms with E-state index in [9.17, 15) is 4.79 Å². The van der Waals surface area contributed by atoms with Crippen molar-refractivity contribution in [2.24, 2.45) is 0 Å². The van der Waals surface area contributed by atoms with E-state index in [1.807, 2.05) is 20.8 Å². The highest BCUT2D eigenvalue weighted by Crippen LogP contribution is 2.37. The predicted molar refractivity (Wildman–Crippen MR) is 66.1 cm³/mol. The van der Waals surface area contributed by atoms with E-state index in [0.717, 1.165) is 19.3 Å². The Balaban J connectivity index is 2.40. The molecule has 1 N–H and O–H groups in total. The van der Waals surface area contributed by atoms with E-state index in [2.05, 4.69) is 5.32 Å². The van der Waals surface area contributed by atoms with Crippen molar-refractivity contribution in [2.75, 3.05) is 0 Å². The van der Waals surface area contributed by atoms with Gasteiger partial charge in [0, 0.05) is 12.5 Å². The summed E-state index contributed by atoms with van der Waals surface area (Å²) in [7, 11) is 0. The molecule has 1 amide bonds. The fourth-order valence-electron chi connectivity index (χ4n) is 1.77. The van der Waals surface area contributed by atoms with E-state index >= 15 is 0 Å². The molecule has 1 atom stereocenters. The highest BCUT2D eigenvalue weighted by Gasteiger charge is 2.33. The number of carbonyl (C=O) groups excluding carboxylic acids is 1. The highest BCUT2D eigenvalue weighted by molar-refractivity contribution is 6.48. The van der Waals surface area contributed by atoms with Crippen LogP contribution in [0.4, 0.5) is 4.79 Å². The summed E-state index contributed by atoms with van der Waals surface area (Å²) < 4.78 is 4.46. The predicted octanol–water partition coefficient (Wildman–Crippen LogP) is 3.63. The van der Waals surface area contributed by atoms with Gasteiger partial charge in [0.05, 0.1) is 0 Å². The lowest BCUT2D eigenvalue weighted by atomic mass is 9.95. The number of halogens is 2. The largest absolute Gasteiger partial charge is 0.444 e. The molecule has 0 aliphatic heterocycles. The molecule has 0 saturated heterocycles. The van der Waals surface area contributed by atoms with E-state index in [0.29, 0.717) is 6.42 Å². The Kier molecular flexibility index (Phi) is 4.35. The summed E-state index contributed by atoms with van der Waals surface area (Å²) in [5.74, 6) is 0. The lowest BCUT2D eigenvalue weighted by molar-refractivity contribution is 0.0492. The number of rotatable bonds is 1.